The predicted molar refractivity (Wildman–Crippen MR) is 115 cm³/mol. The zero-order chi connectivity index (χ0) is 20.9. The number of esters is 2. The molecule has 0 aliphatic rings. The Balaban J connectivity index is 3.64. The third-order valence-corrected chi connectivity index (χ3v) is 4.64. The van der Waals surface area contributed by atoms with Crippen molar-refractivity contribution >= 4 is 11.9 Å². The van der Waals surface area contributed by atoms with Gasteiger partial charge < -0.3 is 9.47 Å². The third kappa shape index (κ3) is 17.9. The molecule has 0 rings (SSSR count). The summed E-state index contributed by atoms with van der Waals surface area (Å²) in [7, 11) is 0. The number of rotatable bonds is 17. The van der Waals surface area contributed by atoms with Gasteiger partial charge in [-0.05, 0) is 19.3 Å². The van der Waals surface area contributed by atoms with Gasteiger partial charge in [0, 0.05) is 6.42 Å². The van der Waals surface area contributed by atoms with E-state index in [2.05, 4.69) is 32.6 Å². The molecule has 0 aliphatic carbocycles. The molecule has 0 aromatic heterocycles. The van der Waals surface area contributed by atoms with E-state index in [4.69, 9.17) is 9.47 Å². The summed E-state index contributed by atoms with van der Waals surface area (Å²) in [5.74, 6) is 5.23. The largest absolute Gasteiger partial charge is 0.462 e. The number of hydrogen-bond donors (Lipinski definition) is 0. The van der Waals surface area contributed by atoms with Gasteiger partial charge >= 0.3 is 11.9 Å². The van der Waals surface area contributed by atoms with Crippen molar-refractivity contribution in [1.82, 2.24) is 0 Å². The van der Waals surface area contributed by atoms with Crippen LogP contribution >= 0.6 is 0 Å². The number of ether oxygens (including phenoxy) is 2. The summed E-state index contributed by atoms with van der Waals surface area (Å²) in [6.45, 7) is 6.49. The van der Waals surface area contributed by atoms with Gasteiger partial charge in [0.25, 0.3) is 0 Å². The second kappa shape index (κ2) is 20.2. The smallest absolute Gasteiger partial charge is 0.307 e. The van der Waals surface area contributed by atoms with Crippen LogP contribution in [0.2, 0.25) is 0 Å². The quantitative estimate of drug-likeness (QED) is 0.164. The van der Waals surface area contributed by atoms with Crippen LogP contribution in [0, 0.1) is 11.8 Å². The first-order chi connectivity index (χ1) is 13.6. The minimum atomic E-state index is -0.388. The maximum absolute atomic E-state index is 11.8. The molecule has 0 aliphatic heterocycles. The van der Waals surface area contributed by atoms with E-state index < -0.39 is 0 Å². The van der Waals surface area contributed by atoms with E-state index in [-0.39, 0.29) is 37.5 Å². The lowest BCUT2D eigenvalue weighted by atomic mass is 10.1. The Kier molecular flexibility index (Phi) is 19.2. The fraction of sp³-hybridized carbons (Fsp3) is 0.833. The summed E-state index contributed by atoms with van der Waals surface area (Å²) in [4.78, 5) is 23.5. The number of hydrogen-bond acceptors (Lipinski definition) is 4. The topological polar surface area (TPSA) is 52.6 Å². The molecule has 0 saturated carbocycles. The molecule has 0 aromatic rings. The SMILES string of the molecule is CCCCCCCCCCC#CCOC(=O)CCC(=O)OC(CCC)CCC. The molecule has 28 heavy (non-hydrogen) atoms. The van der Waals surface area contributed by atoms with Gasteiger partial charge in [-0.1, -0.05) is 90.4 Å². The van der Waals surface area contributed by atoms with E-state index in [1.54, 1.807) is 0 Å². The van der Waals surface area contributed by atoms with E-state index in [1.807, 2.05) is 0 Å². The summed E-state index contributed by atoms with van der Waals surface area (Å²) in [5.41, 5.74) is 0. The van der Waals surface area contributed by atoms with Gasteiger partial charge in [-0.25, -0.2) is 0 Å². The van der Waals surface area contributed by atoms with E-state index >= 15 is 0 Å². The van der Waals surface area contributed by atoms with Crippen molar-refractivity contribution in [2.75, 3.05) is 6.61 Å². The lowest BCUT2D eigenvalue weighted by Crippen LogP contribution is -2.19. The van der Waals surface area contributed by atoms with E-state index in [0.717, 1.165) is 38.5 Å². The lowest BCUT2D eigenvalue weighted by Gasteiger charge is -2.16. The normalized spacial score (nSPS) is 10.4. The highest BCUT2D eigenvalue weighted by Crippen LogP contribution is 2.11. The van der Waals surface area contributed by atoms with Crippen molar-refractivity contribution in [2.45, 2.75) is 123 Å². The number of unbranched alkanes of at least 4 members (excludes halogenated alkanes) is 8. The Morgan fingerprint density at radius 2 is 1.29 bits per heavy atom. The maximum atomic E-state index is 11.8. The van der Waals surface area contributed by atoms with Gasteiger partial charge in [-0.15, -0.1) is 0 Å². The highest BCUT2D eigenvalue weighted by atomic mass is 16.5. The van der Waals surface area contributed by atoms with Gasteiger partial charge in [-0.2, -0.15) is 0 Å². The van der Waals surface area contributed by atoms with Crippen molar-refractivity contribution in [3.8, 4) is 11.8 Å². The Hall–Kier alpha value is -1.50. The highest BCUT2D eigenvalue weighted by molar-refractivity contribution is 5.77. The molecule has 0 radical (unpaired) electrons. The molecule has 0 saturated heterocycles. The second-order valence-corrected chi connectivity index (χ2v) is 7.43. The zero-order valence-corrected chi connectivity index (χ0v) is 18.5. The average Bonchev–Trinajstić information content (AvgIpc) is 2.67. The molecular formula is C24H42O4. The van der Waals surface area contributed by atoms with Crippen molar-refractivity contribution in [1.29, 1.82) is 0 Å². The molecule has 0 atom stereocenters. The maximum Gasteiger partial charge on any atom is 0.307 e. The van der Waals surface area contributed by atoms with Crippen LogP contribution in [0.5, 0.6) is 0 Å². The molecule has 0 amide bonds. The third-order valence-electron chi connectivity index (χ3n) is 4.64. The van der Waals surface area contributed by atoms with Crippen LogP contribution in [0.25, 0.3) is 0 Å². The van der Waals surface area contributed by atoms with Crippen LogP contribution < -0.4 is 0 Å². The van der Waals surface area contributed by atoms with E-state index in [9.17, 15) is 9.59 Å². The molecule has 0 bridgehead atoms. The number of carbonyl (C=O) groups is 2. The Morgan fingerprint density at radius 1 is 0.714 bits per heavy atom. The minimum Gasteiger partial charge on any atom is -0.462 e. The number of carbonyl (C=O) groups excluding carboxylic acids is 2. The molecule has 0 heterocycles. The molecular weight excluding hydrogens is 352 g/mol. The Labute approximate surface area is 173 Å². The second-order valence-electron chi connectivity index (χ2n) is 7.43. The summed E-state index contributed by atoms with van der Waals surface area (Å²) >= 11 is 0. The molecule has 162 valence electrons. The lowest BCUT2D eigenvalue weighted by molar-refractivity contribution is -0.153. The first-order valence-electron chi connectivity index (χ1n) is 11.4. The van der Waals surface area contributed by atoms with Crippen molar-refractivity contribution < 1.29 is 19.1 Å². The van der Waals surface area contributed by atoms with Gasteiger partial charge in [-0.3, -0.25) is 9.59 Å². The van der Waals surface area contributed by atoms with Crippen LogP contribution in [0.3, 0.4) is 0 Å². The van der Waals surface area contributed by atoms with Gasteiger partial charge in [0.15, 0.2) is 6.61 Å². The molecule has 0 spiro atoms. The van der Waals surface area contributed by atoms with Crippen LogP contribution in [0.15, 0.2) is 0 Å². The molecule has 0 unspecified atom stereocenters. The van der Waals surface area contributed by atoms with Gasteiger partial charge in [0.1, 0.15) is 6.10 Å². The molecule has 4 heteroatoms. The standard InChI is InChI=1S/C24H42O4/c1-4-7-8-9-10-11-12-13-14-15-16-21-27-23(25)19-20-24(26)28-22(17-5-2)18-6-3/h22H,4-14,17-21H2,1-3H3. The average molecular weight is 395 g/mol. The van der Waals surface area contributed by atoms with Crippen molar-refractivity contribution in [3.63, 3.8) is 0 Å². The fourth-order valence-corrected chi connectivity index (χ4v) is 3.03. The minimum absolute atomic E-state index is 0.0271. The van der Waals surface area contributed by atoms with Crippen LogP contribution in [-0.4, -0.2) is 24.6 Å². The molecule has 0 aromatic carbocycles. The highest BCUT2D eigenvalue weighted by Gasteiger charge is 2.14. The van der Waals surface area contributed by atoms with Crippen LogP contribution in [0.4, 0.5) is 0 Å². The molecule has 4 nitrogen and oxygen atoms in total. The summed E-state index contributed by atoms with van der Waals surface area (Å²) < 4.78 is 10.5. The summed E-state index contributed by atoms with van der Waals surface area (Å²) in [5, 5.41) is 0. The van der Waals surface area contributed by atoms with Gasteiger partial charge in [0.05, 0.1) is 12.8 Å². The monoisotopic (exact) mass is 394 g/mol. The Morgan fingerprint density at radius 3 is 1.89 bits per heavy atom. The Bertz CT molecular complexity index is 441. The first-order valence-corrected chi connectivity index (χ1v) is 11.4. The van der Waals surface area contributed by atoms with Crippen LogP contribution in [0.1, 0.15) is 117 Å². The van der Waals surface area contributed by atoms with Gasteiger partial charge in [0.2, 0.25) is 0 Å². The summed E-state index contributed by atoms with van der Waals surface area (Å²) in [6, 6.07) is 0. The fourth-order valence-electron chi connectivity index (χ4n) is 3.03. The van der Waals surface area contributed by atoms with Crippen LogP contribution in [-0.2, 0) is 19.1 Å². The first kappa shape index (κ1) is 26.5. The van der Waals surface area contributed by atoms with E-state index in [0.29, 0.717) is 0 Å². The predicted octanol–water partition coefficient (Wildman–Crippen LogP) is 6.36. The zero-order valence-electron chi connectivity index (χ0n) is 18.5. The van der Waals surface area contributed by atoms with Crippen molar-refractivity contribution in [3.05, 3.63) is 0 Å². The van der Waals surface area contributed by atoms with E-state index in [1.165, 1.54) is 44.9 Å². The van der Waals surface area contributed by atoms with Crippen molar-refractivity contribution in [2.24, 2.45) is 0 Å². The summed E-state index contributed by atoms with van der Waals surface area (Å²) in [6.07, 6.45) is 15.0. The molecule has 0 fully saturated rings. The molecule has 0 N–H and O–H groups in total.